The number of hydrogen-bond acceptors (Lipinski definition) is 9. The summed E-state index contributed by atoms with van der Waals surface area (Å²) in [4.78, 5) is 8.60. The van der Waals surface area contributed by atoms with E-state index in [9.17, 15) is 18.8 Å². The molecular weight excluding hydrogens is 434 g/mol. The maximum Gasteiger partial charge on any atom is 0.236 e. The lowest BCUT2D eigenvalue weighted by Crippen LogP contribution is -2.44. The smallest absolute Gasteiger partial charge is 0.236 e. The number of hydrogen-bond donors (Lipinski definition) is 2. The minimum absolute atomic E-state index is 0.0200. The maximum absolute atomic E-state index is 12.7. The van der Waals surface area contributed by atoms with Gasteiger partial charge >= 0.3 is 0 Å². The molecule has 1 saturated carbocycles. The van der Waals surface area contributed by atoms with Gasteiger partial charge in [0.05, 0.1) is 24.2 Å². The number of aromatic nitrogens is 2. The van der Waals surface area contributed by atoms with Crippen LogP contribution in [0.1, 0.15) is 51.0 Å². The van der Waals surface area contributed by atoms with Crippen LogP contribution < -0.4 is 10.1 Å². The van der Waals surface area contributed by atoms with Gasteiger partial charge in [-0.25, -0.2) is 17.7 Å². The molecule has 0 aromatic carbocycles. The summed E-state index contributed by atoms with van der Waals surface area (Å²) < 4.78 is 38.2. The Hall–Kier alpha value is -2.00. The molecule has 0 bridgehead atoms. The Labute approximate surface area is 189 Å². The molecule has 0 spiro atoms. The Kier molecular flexibility index (Phi) is 6.86. The monoisotopic (exact) mass is 465 g/mol. The van der Waals surface area contributed by atoms with Gasteiger partial charge in [-0.05, 0) is 51.4 Å². The number of piperidine rings is 1. The lowest BCUT2D eigenvalue weighted by Gasteiger charge is -2.32. The number of aliphatic hydroxyl groups is 1. The Morgan fingerprint density at radius 1 is 1.38 bits per heavy atom. The number of nitriles is 1. The number of rotatable bonds is 7. The van der Waals surface area contributed by atoms with E-state index in [1.165, 1.54) is 6.20 Å². The number of nitrogens with zero attached hydrogens (tertiary/aromatic N) is 4. The SMILES string of the molecule is C[C@]1(O)CCC[C@H]1Oc1nc(NC2CCN(S(=O)(=O)CC3CCOC3)CC2)ncc1C#N. The molecule has 3 aliphatic rings. The fourth-order valence-corrected chi connectivity index (χ4v) is 6.46. The van der Waals surface area contributed by atoms with E-state index in [0.29, 0.717) is 57.9 Å². The van der Waals surface area contributed by atoms with Crippen LogP contribution in [0.4, 0.5) is 5.95 Å². The fraction of sp³-hybridized carbons (Fsp3) is 0.762. The zero-order valence-electron chi connectivity index (χ0n) is 18.4. The van der Waals surface area contributed by atoms with Crippen LogP contribution in [0.25, 0.3) is 0 Å². The lowest BCUT2D eigenvalue weighted by molar-refractivity contribution is -0.0271. The van der Waals surface area contributed by atoms with E-state index < -0.39 is 21.7 Å². The first kappa shape index (κ1) is 23.2. The van der Waals surface area contributed by atoms with Crippen LogP contribution in [0, 0.1) is 17.2 Å². The summed E-state index contributed by atoms with van der Waals surface area (Å²) in [7, 11) is -3.29. The fourth-order valence-electron chi connectivity index (χ4n) is 4.62. The molecule has 176 valence electrons. The lowest BCUT2D eigenvalue weighted by atomic mass is 10.0. The standard InChI is InChI=1S/C21H31N5O5S/c1-21(27)7-2-3-18(21)31-19-16(11-22)12-23-20(25-19)24-17-4-8-26(9-5-17)32(28,29)14-15-6-10-30-13-15/h12,15,17-18,27H,2-10,13-14H2,1H3,(H,23,24,25)/t15?,18-,21+/m1/s1. The van der Waals surface area contributed by atoms with Crippen molar-refractivity contribution in [1.29, 1.82) is 5.26 Å². The van der Waals surface area contributed by atoms with Gasteiger partial charge in [-0.1, -0.05) is 0 Å². The van der Waals surface area contributed by atoms with Crippen molar-refractivity contribution in [3.05, 3.63) is 11.8 Å². The molecule has 10 nitrogen and oxygen atoms in total. The van der Waals surface area contributed by atoms with Gasteiger partial charge in [0, 0.05) is 25.7 Å². The Morgan fingerprint density at radius 2 is 2.16 bits per heavy atom. The third-order valence-electron chi connectivity index (χ3n) is 6.62. The molecule has 3 atom stereocenters. The van der Waals surface area contributed by atoms with E-state index >= 15 is 0 Å². The third-order valence-corrected chi connectivity index (χ3v) is 8.67. The van der Waals surface area contributed by atoms with Crippen molar-refractivity contribution in [2.45, 2.75) is 63.2 Å². The molecule has 0 radical (unpaired) electrons. The topological polar surface area (TPSA) is 138 Å². The first-order chi connectivity index (χ1) is 15.3. The van der Waals surface area contributed by atoms with E-state index in [1.54, 1.807) is 11.2 Å². The second kappa shape index (κ2) is 9.47. The average Bonchev–Trinajstić information content (AvgIpc) is 3.37. The van der Waals surface area contributed by atoms with Crippen molar-refractivity contribution in [3.8, 4) is 11.9 Å². The summed E-state index contributed by atoms with van der Waals surface area (Å²) in [5.41, 5.74) is -0.733. The summed E-state index contributed by atoms with van der Waals surface area (Å²) in [6.45, 7) is 3.78. The molecule has 11 heteroatoms. The number of ether oxygens (including phenoxy) is 2. The Balaban J connectivity index is 1.35. The zero-order valence-corrected chi connectivity index (χ0v) is 19.2. The van der Waals surface area contributed by atoms with Gasteiger partial charge in [0.15, 0.2) is 0 Å². The summed E-state index contributed by atoms with van der Waals surface area (Å²) in [6.07, 6.45) is 5.26. The second-order valence-corrected chi connectivity index (χ2v) is 11.2. The predicted octanol–water partition coefficient (Wildman–Crippen LogP) is 1.27. The van der Waals surface area contributed by atoms with E-state index in [1.807, 2.05) is 6.07 Å². The molecule has 2 saturated heterocycles. The molecular formula is C21H31N5O5S. The normalized spacial score (nSPS) is 29.7. The minimum atomic E-state index is -3.29. The molecule has 1 aromatic heterocycles. The maximum atomic E-state index is 12.7. The first-order valence-electron chi connectivity index (χ1n) is 11.2. The highest BCUT2D eigenvalue weighted by Gasteiger charge is 2.39. The highest BCUT2D eigenvalue weighted by Crippen LogP contribution is 2.33. The molecule has 2 N–H and O–H groups in total. The van der Waals surface area contributed by atoms with Gasteiger partial charge in [-0.15, -0.1) is 0 Å². The van der Waals surface area contributed by atoms with Crippen LogP contribution in [0.3, 0.4) is 0 Å². The molecule has 4 rings (SSSR count). The van der Waals surface area contributed by atoms with Crippen molar-refractivity contribution < 1.29 is 23.0 Å². The summed E-state index contributed by atoms with van der Waals surface area (Å²) >= 11 is 0. The number of anilines is 1. The quantitative estimate of drug-likeness (QED) is 0.610. The molecule has 1 aromatic rings. The van der Waals surface area contributed by atoms with Crippen LogP contribution >= 0.6 is 0 Å². The largest absolute Gasteiger partial charge is 0.470 e. The molecule has 0 amide bonds. The van der Waals surface area contributed by atoms with Crippen LogP contribution in [-0.4, -0.2) is 77.6 Å². The van der Waals surface area contributed by atoms with E-state index in [0.717, 1.165) is 12.8 Å². The van der Waals surface area contributed by atoms with E-state index in [2.05, 4.69) is 15.3 Å². The minimum Gasteiger partial charge on any atom is -0.470 e. The molecule has 3 fully saturated rings. The average molecular weight is 466 g/mol. The van der Waals surface area contributed by atoms with Crippen molar-refractivity contribution in [2.24, 2.45) is 5.92 Å². The van der Waals surface area contributed by atoms with Crippen molar-refractivity contribution in [2.75, 3.05) is 37.4 Å². The van der Waals surface area contributed by atoms with Crippen LogP contribution in [0.5, 0.6) is 5.88 Å². The molecule has 1 unspecified atom stereocenters. The van der Waals surface area contributed by atoms with E-state index in [-0.39, 0.29) is 29.2 Å². The van der Waals surface area contributed by atoms with Gasteiger partial charge in [-0.2, -0.15) is 10.2 Å². The summed E-state index contributed by atoms with van der Waals surface area (Å²) in [5.74, 6) is 0.731. The Bertz CT molecular complexity index is 950. The van der Waals surface area contributed by atoms with E-state index in [4.69, 9.17) is 9.47 Å². The number of nitrogens with one attached hydrogen (secondary N) is 1. The second-order valence-electron chi connectivity index (χ2n) is 9.21. The third kappa shape index (κ3) is 5.31. The highest BCUT2D eigenvalue weighted by molar-refractivity contribution is 7.89. The van der Waals surface area contributed by atoms with Crippen LogP contribution in [0.2, 0.25) is 0 Å². The molecule has 1 aliphatic carbocycles. The van der Waals surface area contributed by atoms with Crippen LogP contribution in [0.15, 0.2) is 6.20 Å². The predicted molar refractivity (Wildman–Crippen MR) is 117 cm³/mol. The van der Waals surface area contributed by atoms with Gasteiger partial charge in [0.1, 0.15) is 17.7 Å². The first-order valence-corrected chi connectivity index (χ1v) is 12.9. The van der Waals surface area contributed by atoms with Gasteiger partial charge in [-0.3, -0.25) is 0 Å². The number of sulfonamides is 1. The van der Waals surface area contributed by atoms with Crippen LogP contribution in [-0.2, 0) is 14.8 Å². The summed E-state index contributed by atoms with van der Waals surface area (Å²) in [5, 5.41) is 23.1. The van der Waals surface area contributed by atoms with Gasteiger partial charge in [0.25, 0.3) is 0 Å². The van der Waals surface area contributed by atoms with Crippen molar-refractivity contribution >= 4 is 16.0 Å². The highest BCUT2D eigenvalue weighted by atomic mass is 32.2. The van der Waals surface area contributed by atoms with Gasteiger partial charge < -0.3 is 19.9 Å². The van der Waals surface area contributed by atoms with Crippen molar-refractivity contribution in [3.63, 3.8) is 0 Å². The zero-order chi connectivity index (χ0) is 22.8. The molecule has 2 aliphatic heterocycles. The summed E-state index contributed by atoms with van der Waals surface area (Å²) in [6, 6.07) is 2.06. The van der Waals surface area contributed by atoms with Crippen molar-refractivity contribution in [1.82, 2.24) is 14.3 Å². The molecule has 3 heterocycles. The van der Waals surface area contributed by atoms with Gasteiger partial charge in [0.2, 0.25) is 21.9 Å². The molecule has 32 heavy (non-hydrogen) atoms. The Morgan fingerprint density at radius 3 is 2.78 bits per heavy atom.